The predicted octanol–water partition coefficient (Wildman–Crippen LogP) is 2.97. The minimum atomic E-state index is -0.262. The molecule has 2 heterocycles. The SMILES string of the molecule is COc1cc2c(cc1OC)C1CC(OC(C)=O)CCC1N=C2c1ccc(C(=O)N2CCN(CC(=O)N(C)C)CC2)cc1. The van der Waals surface area contributed by atoms with Crippen LogP contribution in [0.3, 0.4) is 0 Å². The average molecular weight is 577 g/mol. The third kappa shape index (κ3) is 6.13. The number of fused-ring (bicyclic) bond motifs is 3. The molecular formula is C32H40N4O6. The van der Waals surface area contributed by atoms with E-state index in [1.807, 2.05) is 41.3 Å². The minimum Gasteiger partial charge on any atom is -0.493 e. The predicted molar refractivity (Wildman–Crippen MR) is 159 cm³/mol. The summed E-state index contributed by atoms with van der Waals surface area (Å²) in [6.45, 7) is 4.33. The summed E-state index contributed by atoms with van der Waals surface area (Å²) in [5, 5.41) is 0. The molecule has 2 aromatic carbocycles. The summed E-state index contributed by atoms with van der Waals surface area (Å²) in [6, 6.07) is 11.7. The van der Waals surface area contributed by atoms with Gasteiger partial charge in [-0.2, -0.15) is 0 Å². The van der Waals surface area contributed by atoms with Gasteiger partial charge in [0.05, 0.1) is 32.5 Å². The van der Waals surface area contributed by atoms with E-state index in [1.165, 1.54) is 6.92 Å². The van der Waals surface area contributed by atoms with Crippen LogP contribution in [-0.4, -0.2) is 111 Å². The van der Waals surface area contributed by atoms with E-state index in [2.05, 4.69) is 4.90 Å². The molecule has 2 amide bonds. The molecule has 3 aliphatic rings. The van der Waals surface area contributed by atoms with Crippen molar-refractivity contribution in [3.63, 3.8) is 0 Å². The molecule has 1 aliphatic carbocycles. The summed E-state index contributed by atoms with van der Waals surface area (Å²) in [6.07, 6.45) is 2.14. The van der Waals surface area contributed by atoms with Gasteiger partial charge in [-0.05, 0) is 49.1 Å². The largest absolute Gasteiger partial charge is 0.493 e. The van der Waals surface area contributed by atoms with Gasteiger partial charge >= 0.3 is 5.97 Å². The molecular weight excluding hydrogens is 536 g/mol. The van der Waals surface area contributed by atoms with Gasteiger partial charge in [0.15, 0.2) is 11.5 Å². The van der Waals surface area contributed by atoms with E-state index in [0.717, 1.165) is 35.2 Å². The van der Waals surface area contributed by atoms with Crippen molar-refractivity contribution in [1.82, 2.24) is 14.7 Å². The van der Waals surface area contributed by atoms with Crippen LogP contribution in [0.25, 0.3) is 0 Å². The van der Waals surface area contributed by atoms with E-state index < -0.39 is 0 Å². The smallest absolute Gasteiger partial charge is 0.302 e. The summed E-state index contributed by atoms with van der Waals surface area (Å²) in [5.41, 5.74) is 4.47. The third-order valence-electron chi connectivity index (χ3n) is 8.53. The van der Waals surface area contributed by atoms with E-state index in [1.54, 1.807) is 33.2 Å². The average Bonchev–Trinajstić information content (AvgIpc) is 2.99. The van der Waals surface area contributed by atoms with Gasteiger partial charge in [0.25, 0.3) is 5.91 Å². The Hall–Kier alpha value is -3.92. The quantitative estimate of drug-likeness (QED) is 0.467. The second kappa shape index (κ2) is 12.5. The van der Waals surface area contributed by atoms with Gasteiger partial charge in [0.2, 0.25) is 5.91 Å². The zero-order chi connectivity index (χ0) is 30.0. The first-order valence-corrected chi connectivity index (χ1v) is 14.5. The monoisotopic (exact) mass is 576 g/mol. The molecule has 0 spiro atoms. The highest BCUT2D eigenvalue weighted by Crippen LogP contribution is 2.45. The van der Waals surface area contributed by atoms with Crippen LogP contribution in [0, 0.1) is 0 Å². The van der Waals surface area contributed by atoms with Crippen LogP contribution in [0.5, 0.6) is 11.5 Å². The van der Waals surface area contributed by atoms with Gasteiger partial charge in [-0.15, -0.1) is 0 Å². The van der Waals surface area contributed by atoms with E-state index in [9.17, 15) is 14.4 Å². The summed E-state index contributed by atoms with van der Waals surface area (Å²) in [5.74, 6) is 1.15. The minimum absolute atomic E-state index is 0.0126. The Balaban J connectivity index is 1.36. The fourth-order valence-corrected chi connectivity index (χ4v) is 6.21. The molecule has 3 atom stereocenters. The first kappa shape index (κ1) is 29.6. The van der Waals surface area contributed by atoms with Gasteiger partial charge in [-0.3, -0.25) is 24.3 Å². The lowest BCUT2D eigenvalue weighted by Crippen LogP contribution is -2.51. The fraction of sp³-hybridized carbons (Fsp3) is 0.500. The van der Waals surface area contributed by atoms with Crippen LogP contribution in [0.1, 0.15) is 59.2 Å². The van der Waals surface area contributed by atoms with E-state index >= 15 is 0 Å². The molecule has 42 heavy (non-hydrogen) atoms. The van der Waals surface area contributed by atoms with Crippen LogP contribution in [0.4, 0.5) is 0 Å². The maximum absolute atomic E-state index is 13.3. The lowest BCUT2D eigenvalue weighted by atomic mass is 9.74. The highest BCUT2D eigenvalue weighted by atomic mass is 16.5. The topological polar surface area (TPSA) is 101 Å². The Bertz CT molecular complexity index is 1360. The molecule has 2 fully saturated rings. The maximum Gasteiger partial charge on any atom is 0.302 e. The number of carbonyl (C=O) groups is 3. The van der Waals surface area contributed by atoms with E-state index in [0.29, 0.717) is 56.2 Å². The molecule has 10 nitrogen and oxygen atoms in total. The van der Waals surface area contributed by atoms with Crippen molar-refractivity contribution in [3.8, 4) is 11.5 Å². The molecule has 2 aliphatic heterocycles. The van der Waals surface area contributed by atoms with Crippen molar-refractivity contribution in [1.29, 1.82) is 0 Å². The summed E-state index contributed by atoms with van der Waals surface area (Å²) >= 11 is 0. The Morgan fingerprint density at radius 3 is 2.24 bits per heavy atom. The summed E-state index contributed by atoms with van der Waals surface area (Å²) in [4.78, 5) is 47.8. The summed E-state index contributed by atoms with van der Waals surface area (Å²) < 4.78 is 16.9. The van der Waals surface area contributed by atoms with Gasteiger partial charge in [-0.1, -0.05) is 12.1 Å². The molecule has 0 N–H and O–H groups in total. The normalized spacial score (nSPS) is 21.9. The number of esters is 1. The van der Waals surface area contributed by atoms with Crippen molar-refractivity contribution in [2.24, 2.45) is 4.99 Å². The van der Waals surface area contributed by atoms with Crippen molar-refractivity contribution < 1.29 is 28.6 Å². The number of methoxy groups -OCH3 is 2. The number of hydrogen-bond acceptors (Lipinski definition) is 8. The molecule has 1 saturated heterocycles. The highest BCUT2D eigenvalue weighted by molar-refractivity contribution is 6.15. The lowest BCUT2D eigenvalue weighted by molar-refractivity contribution is -0.148. The second-order valence-electron chi connectivity index (χ2n) is 11.4. The first-order chi connectivity index (χ1) is 20.2. The maximum atomic E-state index is 13.3. The number of likely N-dealkylation sites (N-methyl/N-ethyl adjacent to an activating group) is 1. The van der Waals surface area contributed by atoms with Gasteiger partial charge in [0, 0.05) is 69.8 Å². The molecule has 224 valence electrons. The molecule has 0 aromatic heterocycles. The van der Waals surface area contributed by atoms with Crippen molar-refractivity contribution >= 4 is 23.5 Å². The van der Waals surface area contributed by atoms with E-state index in [4.69, 9.17) is 19.2 Å². The molecule has 1 saturated carbocycles. The second-order valence-corrected chi connectivity index (χ2v) is 11.4. The number of benzene rings is 2. The first-order valence-electron chi connectivity index (χ1n) is 14.5. The number of hydrogen-bond donors (Lipinski definition) is 0. The standard InChI is InChI=1S/C32H40N4O6/c1-20(37)42-23-10-11-27-25(16-23)24-17-28(40-4)29(41-5)18-26(24)31(33-27)21-6-8-22(9-7-21)32(39)36-14-12-35(13-15-36)19-30(38)34(2)3/h6-9,17-18,23,25,27H,10-16,19H2,1-5H3. The van der Waals surface area contributed by atoms with Crippen molar-refractivity contribution in [2.45, 2.75) is 44.2 Å². The van der Waals surface area contributed by atoms with E-state index in [-0.39, 0.29) is 35.8 Å². The highest BCUT2D eigenvalue weighted by Gasteiger charge is 2.39. The number of piperazine rings is 1. The zero-order valence-corrected chi connectivity index (χ0v) is 25.1. The Labute approximate surface area is 247 Å². The fourth-order valence-electron chi connectivity index (χ4n) is 6.21. The lowest BCUT2D eigenvalue weighted by Gasteiger charge is -2.38. The van der Waals surface area contributed by atoms with Gasteiger partial charge in [0.1, 0.15) is 6.10 Å². The number of amides is 2. The number of rotatable bonds is 7. The third-order valence-corrected chi connectivity index (χ3v) is 8.53. The van der Waals surface area contributed by atoms with Crippen LogP contribution < -0.4 is 9.47 Å². The molecule has 0 bridgehead atoms. The number of aliphatic imine (C=N–C) groups is 1. The van der Waals surface area contributed by atoms with Crippen LogP contribution >= 0.6 is 0 Å². The zero-order valence-electron chi connectivity index (χ0n) is 25.1. The number of nitrogens with zero attached hydrogens (tertiary/aromatic N) is 4. The van der Waals surface area contributed by atoms with Crippen LogP contribution in [-0.2, 0) is 14.3 Å². The summed E-state index contributed by atoms with van der Waals surface area (Å²) in [7, 11) is 6.75. The van der Waals surface area contributed by atoms with Gasteiger partial charge in [-0.25, -0.2) is 0 Å². The van der Waals surface area contributed by atoms with Crippen LogP contribution in [0.2, 0.25) is 0 Å². The molecule has 5 rings (SSSR count). The molecule has 3 unspecified atom stereocenters. The molecule has 2 aromatic rings. The Morgan fingerprint density at radius 2 is 1.62 bits per heavy atom. The Morgan fingerprint density at radius 1 is 0.952 bits per heavy atom. The Kier molecular flexibility index (Phi) is 8.82. The van der Waals surface area contributed by atoms with Crippen molar-refractivity contribution in [3.05, 3.63) is 58.7 Å². The number of ether oxygens (including phenoxy) is 3. The number of carbonyl (C=O) groups excluding carboxylic acids is 3. The van der Waals surface area contributed by atoms with Crippen molar-refractivity contribution in [2.75, 3.05) is 61.0 Å². The van der Waals surface area contributed by atoms with Gasteiger partial charge < -0.3 is 24.0 Å². The van der Waals surface area contributed by atoms with Crippen LogP contribution in [0.15, 0.2) is 41.4 Å². The molecule has 10 heteroatoms. The molecule has 0 radical (unpaired) electrons.